The smallest absolute Gasteiger partial charge is 0.126 e. The largest absolute Gasteiger partial charge is 0.388 e. The van der Waals surface area contributed by atoms with Crippen LogP contribution in [0.4, 0.5) is 8.78 Å². The number of hydrogen-bond donors (Lipinski definition) is 1. The number of halogens is 4. The minimum absolute atomic E-state index is 0.152. The van der Waals surface area contributed by atoms with Gasteiger partial charge in [-0.2, -0.15) is 0 Å². The average Bonchev–Trinajstić information content (AvgIpc) is 2.31. The van der Waals surface area contributed by atoms with Crippen LogP contribution >= 0.6 is 23.2 Å². The van der Waals surface area contributed by atoms with Gasteiger partial charge in [-0.1, -0.05) is 29.3 Å². The molecule has 0 aliphatic carbocycles. The third-order valence-electron chi connectivity index (χ3n) is 2.70. The highest BCUT2D eigenvalue weighted by atomic mass is 35.5. The highest BCUT2D eigenvalue weighted by molar-refractivity contribution is 6.35. The molecular weight excluding hydrogens is 293 g/mol. The van der Waals surface area contributed by atoms with Gasteiger partial charge in [-0.25, -0.2) is 8.78 Å². The Morgan fingerprint density at radius 3 is 2.21 bits per heavy atom. The van der Waals surface area contributed by atoms with E-state index in [0.29, 0.717) is 15.6 Å². The van der Waals surface area contributed by atoms with Gasteiger partial charge in [0.15, 0.2) is 0 Å². The monoisotopic (exact) mass is 302 g/mol. The van der Waals surface area contributed by atoms with Crippen LogP contribution in [-0.2, 0) is 6.42 Å². The standard InChI is InChI=1S/C14H10Cl2F2O/c15-10-2-1-8(13(16)6-10)5-14(19)9-3-11(17)7-12(18)4-9/h1-4,6-7,14,19H,5H2. The van der Waals surface area contributed by atoms with E-state index in [1.54, 1.807) is 18.2 Å². The summed E-state index contributed by atoms with van der Waals surface area (Å²) in [6, 6.07) is 7.81. The van der Waals surface area contributed by atoms with Crippen LogP contribution in [0.15, 0.2) is 36.4 Å². The minimum atomic E-state index is -1.04. The molecule has 0 amide bonds. The molecule has 0 radical (unpaired) electrons. The van der Waals surface area contributed by atoms with Crippen molar-refractivity contribution in [2.75, 3.05) is 0 Å². The second-order valence-electron chi connectivity index (χ2n) is 4.16. The molecule has 0 aliphatic rings. The van der Waals surface area contributed by atoms with Crippen LogP contribution < -0.4 is 0 Å². The molecule has 2 aromatic carbocycles. The van der Waals surface area contributed by atoms with Crippen LogP contribution in [0.3, 0.4) is 0 Å². The second kappa shape index (κ2) is 5.87. The molecule has 2 aromatic rings. The second-order valence-corrected chi connectivity index (χ2v) is 5.00. The molecule has 0 aliphatic heterocycles. The van der Waals surface area contributed by atoms with Crippen molar-refractivity contribution < 1.29 is 13.9 Å². The fraction of sp³-hybridized carbons (Fsp3) is 0.143. The maximum Gasteiger partial charge on any atom is 0.126 e. The highest BCUT2D eigenvalue weighted by Gasteiger charge is 2.13. The van der Waals surface area contributed by atoms with E-state index in [4.69, 9.17) is 23.2 Å². The Bertz CT molecular complexity index is 582. The summed E-state index contributed by atoms with van der Waals surface area (Å²) >= 11 is 11.7. The van der Waals surface area contributed by atoms with Crippen LogP contribution in [0, 0.1) is 11.6 Å². The summed E-state index contributed by atoms with van der Waals surface area (Å²) in [5, 5.41) is 10.9. The SMILES string of the molecule is OC(Cc1ccc(Cl)cc1Cl)c1cc(F)cc(F)c1. The summed E-state index contributed by atoms with van der Waals surface area (Å²) in [5.41, 5.74) is 0.826. The van der Waals surface area contributed by atoms with Gasteiger partial charge in [0.2, 0.25) is 0 Å². The maximum atomic E-state index is 13.1. The normalized spacial score (nSPS) is 12.5. The zero-order chi connectivity index (χ0) is 14.0. The van der Waals surface area contributed by atoms with Crippen molar-refractivity contribution in [3.05, 3.63) is 69.2 Å². The molecular formula is C14H10Cl2F2O. The molecule has 0 saturated heterocycles. The lowest BCUT2D eigenvalue weighted by atomic mass is 10.0. The molecule has 0 saturated carbocycles. The number of rotatable bonds is 3. The van der Waals surface area contributed by atoms with Crippen LogP contribution in [0.2, 0.25) is 10.0 Å². The van der Waals surface area contributed by atoms with Crippen LogP contribution in [-0.4, -0.2) is 5.11 Å². The van der Waals surface area contributed by atoms with Gasteiger partial charge < -0.3 is 5.11 Å². The van der Waals surface area contributed by atoms with E-state index >= 15 is 0 Å². The topological polar surface area (TPSA) is 20.2 Å². The Labute approximate surface area is 119 Å². The first kappa shape index (κ1) is 14.3. The van der Waals surface area contributed by atoms with Crippen LogP contribution in [0.5, 0.6) is 0 Å². The van der Waals surface area contributed by atoms with E-state index in [2.05, 4.69) is 0 Å². The lowest BCUT2D eigenvalue weighted by Gasteiger charge is -2.12. The first-order chi connectivity index (χ1) is 8.95. The number of benzene rings is 2. The lowest BCUT2D eigenvalue weighted by Crippen LogP contribution is -2.03. The quantitative estimate of drug-likeness (QED) is 0.882. The van der Waals surface area contributed by atoms with Crippen molar-refractivity contribution in [2.45, 2.75) is 12.5 Å². The summed E-state index contributed by atoms with van der Waals surface area (Å²) < 4.78 is 26.1. The summed E-state index contributed by atoms with van der Waals surface area (Å²) in [7, 11) is 0. The molecule has 0 fully saturated rings. The van der Waals surface area contributed by atoms with E-state index < -0.39 is 17.7 Å². The highest BCUT2D eigenvalue weighted by Crippen LogP contribution is 2.26. The van der Waals surface area contributed by atoms with Gasteiger partial charge in [-0.3, -0.25) is 0 Å². The third-order valence-corrected chi connectivity index (χ3v) is 3.28. The van der Waals surface area contributed by atoms with E-state index in [1.807, 2.05) is 0 Å². The zero-order valence-electron chi connectivity index (χ0n) is 9.71. The van der Waals surface area contributed by atoms with Gasteiger partial charge in [0.25, 0.3) is 0 Å². The van der Waals surface area contributed by atoms with Crippen molar-refractivity contribution in [1.82, 2.24) is 0 Å². The molecule has 0 aromatic heterocycles. The number of aliphatic hydroxyl groups is 1. The summed E-state index contributed by atoms with van der Waals surface area (Å²) in [6.07, 6.45) is -0.886. The zero-order valence-corrected chi connectivity index (χ0v) is 11.2. The molecule has 100 valence electrons. The van der Waals surface area contributed by atoms with E-state index in [9.17, 15) is 13.9 Å². The lowest BCUT2D eigenvalue weighted by molar-refractivity contribution is 0.177. The Balaban J connectivity index is 2.22. The Morgan fingerprint density at radius 1 is 1.00 bits per heavy atom. The van der Waals surface area contributed by atoms with Crippen LogP contribution in [0.25, 0.3) is 0 Å². The van der Waals surface area contributed by atoms with Crippen molar-refractivity contribution in [1.29, 1.82) is 0 Å². The molecule has 1 unspecified atom stereocenters. The van der Waals surface area contributed by atoms with Gasteiger partial charge in [-0.15, -0.1) is 0 Å². The van der Waals surface area contributed by atoms with Gasteiger partial charge >= 0.3 is 0 Å². The Morgan fingerprint density at radius 2 is 1.63 bits per heavy atom. The molecule has 0 spiro atoms. The van der Waals surface area contributed by atoms with E-state index in [0.717, 1.165) is 18.2 Å². The van der Waals surface area contributed by atoms with Crippen molar-refractivity contribution in [3.8, 4) is 0 Å². The molecule has 0 heterocycles. The van der Waals surface area contributed by atoms with Crippen LogP contribution in [0.1, 0.15) is 17.2 Å². The van der Waals surface area contributed by atoms with Gasteiger partial charge in [0.1, 0.15) is 11.6 Å². The van der Waals surface area contributed by atoms with Crippen molar-refractivity contribution in [3.63, 3.8) is 0 Å². The molecule has 1 nitrogen and oxygen atoms in total. The van der Waals surface area contributed by atoms with Crippen molar-refractivity contribution in [2.24, 2.45) is 0 Å². The first-order valence-corrected chi connectivity index (χ1v) is 6.29. The van der Waals surface area contributed by atoms with Crippen molar-refractivity contribution >= 4 is 23.2 Å². The predicted molar refractivity (Wildman–Crippen MR) is 71.5 cm³/mol. The fourth-order valence-electron chi connectivity index (χ4n) is 1.78. The maximum absolute atomic E-state index is 13.1. The molecule has 1 atom stereocenters. The van der Waals surface area contributed by atoms with Gasteiger partial charge in [0, 0.05) is 22.5 Å². The molecule has 5 heteroatoms. The molecule has 19 heavy (non-hydrogen) atoms. The summed E-state index contributed by atoms with van der Waals surface area (Å²) in [6.45, 7) is 0. The first-order valence-electron chi connectivity index (χ1n) is 5.53. The number of aliphatic hydroxyl groups excluding tert-OH is 1. The molecule has 2 rings (SSSR count). The summed E-state index contributed by atoms with van der Waals surface area (Å²) in [4.78, 5) is 0. The predicted octanol–water partition coefficient (Wildman–Crippen LogP) is 4.55. The molecule has 1 N–H and O–H groups in total. The minimum Gasteiger partial charge on any atom is -0.388 e. The fourth-order valence-corrected chi connectivity index (χ4v) is 2.27. The Hall–Kier alpha value is -1.16. The van der Waals surface area contributed by atoms with E-state index in [1.165, 1.54) is 0 Å². The van der Waals surface area contributed by atoms with Gasteiger partial charge in [-0.05, 0) is 35.4 Å². The van der Waals surface area contributed by atoms with E-state index in [-0.39, 0.29) is 12.0 Å². The summed E-state index contributed by atoms with van der Waals surface area (Å²) in [5.74, 6) is -1.45. The third kappa shape index (κ3) is 3.66. The molecule has 0 bridgehead atoms. The Kier molecular flexibility index (Phi) is 4.40. The average molecular weight is 303 g/mol. The van der Waals surface area contributed by atoms with Gasteiger partial charge in [0.05, 0.1) is 6.10 Å². The number of hydrogen-bond acceptors (Lipinski definition) is 1.